The van der Waals surface area contributed by atoms with E-state index in [1.165, 1.54) is 11.3 Å². The second kappa shape index (κ2) is 6.51. The number of carboxylic acids is 1. The van der Waals surface area contributed by atoms with Crippen molar-refractivity contribution in [3.8, 4) is 0 Å². The maximum absolute atomic E-state index is 12.1. The summed E-state index contributed by atoms with van der Waals surface area (Å²) in [5, 5.41) is 9.93. The van der Waals surface area contributed by atoms with E-state index >= 15 is 0 Å². The molecule has 1 aromatic heterocycles. The van der Waals surface area contributed by atoms with Gasteiger partial charge < -0.3 is 19.6 Å². The van der Waals surface area contributed by atoms with Gasteiger partial charge in [-0.2, -0.15) is 0 Å². The van der Waals surface area contributed by atoms with Gasteiger partial charge in [0.1, 0.15) is 5.60 Å². The number of carbonyl (C=O) groups excluding carboxylic acids is 1. The molecule has 134 valence electrons. The van der Waals surface area contributed by atoms with E-state index in [1.54, 1.807) is 23.1 Å². The minimum Gasteiger partial charge on any atom is -0.478 e. The topological polar surface area (TPSA) is 83.0 Å². The number of thiazole rings is 1. The predicted molar refractivity (Wildman–Crippen MR) is 96.6 cm³/mol. The lowest BCUT2D eigenvalue weighted by atomic mass is 10.2. The summed E-state index contributed by atoms with van der Waals surface area (Å²) >= 11 is 1.53. The molecule has 1 N–H and O–H groups in total. The highest BCUT2D eigenvalue weighted by Crippen LogP contribution is 2.30. The highest BCUT2D eigenvalue weighted by Gasteiger charge is 2.27. The largest absolute Gasteiger partial charge is 0.478 e. The minimum atomic E-state index is -0.956. The smallest absolute Gasteiger partial charge is 0.410 e. The number of hydrogen-bond acceptors (Lipinski definition) is 6. The van der Waals surface area contributed by atoms with Gasteiger partial charge in [-0.15, -0.1) is 0 Å². The lowest BCUT2D eigenvalue weighted by molar-refractivity contribution is 0.0240. The monoisotopic (exact) mass is 363 g/mol. The van der Waals surface area contributed by atoms with Crippen LogP contribution in [0.2, 0.25) is 0 Å². The van der Waals surface area contributed by atoms with Crippen molar-refractivity contribution in [2.75, 3.05) is 31.1 Å². The van der Waals surface area contributed by atoms with Crippen molar-refractivity contribution in [3.05, 3.63) is 23.8 Å². The molecule has 1 amide bonds. The van der Waals surface area contributed by atoms with E-state index in [0.29, 0.717) is 31.7 Å². The highest BCUT2D eigenvalue weighted by atomic mass is 32.1. The van der Waals surface area contributed by atoms with Crippen LogP contribution in [0.4, 0.5) is 9.93 Å². The zero-order valence-corrected chi connectivity index (χ0v) is 15.3. The second-order valence-corrected chi connectivity index (χ2v) is 7.95. The van der Waals surface area contributed by atoms with Gasteiger partial charge >= 0.3 is 12.1 Å². The van der Waals surface area contributed by atoms with Crippen LogP contribution in [0.15, 0.2) is 18.2 Å². The molecule has 0 unspecified atom stereocenters. The number of fused-ring (bicyclic) bond motifs is 1. The molecule has 25 heavy (non-hydrogen) atoms. The number of aromatic nitrogens is 1. The van der Waals surface area contributed by atoms with Crippen LogP contribution in [-0.2, 0) is 4.74 Å². The van der Waals surface area contributed by atoms with E-state index in [2.05, 4.69) is 9.88 Å². The molecule has 1 aliphatic rings. The van der Waals surface area contributed by atoms with Gasteiger partial charge in [-0.25, -0.2) is 14.6 Å². The van der Waals surface area contributed by atoms with Gasteiger partial charge in [-0.3, -0.25) is 0 Å². The van der Waals surface area contributed by atoms with Crippen molar-refractivity contribution < 1.29 is 19.4 Å². The standard InChI is InChI=1S/C17H21N3O4S/c1-17(2,3)24-16(23)20-8-6-19(7-9-20)15-18-12-10-11(14(21)22)4-5-13(12)25-15/h4-5,10H,6-9H2,1-3H3,(H,21,22). The van der Waals surface area contributed by atoms with Crippen LogP contribution in [-0.4, -0.2) is 58.8 Å². The van der Waals surface area contributed by atoms with Gasteiger partial charge in [0, 0.05) is 26.2 Å². The number of amides is 1. The Hall–Kier alpha value is -2.35. The number of carbonyl (C=O) groups is 2. The molecule has 1 fully saturated rings. The van der Waals surface area contributed by atoms with Crippen molar-refractivity contribution >= 4 is 38.7 Å². The molecule has 0 atom stereocenters. The molecule has 0 radical (unpaired) electrons. The Morgan fingerprint density at radius 3 is 2.48 bits per heavy atom. The number of nitrogens with zero attached hydrogens (tertiary/aromatic N) is 3. The summed E-state index contributed by atoms with van der Waals surface area (Å²) in [6.45, 7) is 8.06. The van der Waals surface area contributed by atoms with E-state index in [0.717, 1.165) is 9.83 Å². The van der Waals surface area contributed by atoms with E-state index in [4.69, 9.17) is 9.84 Å². The number of benzene rings is 1. The molecule has 3 rings (SSSR count). The van der Waals surface area contributed by atoms with E-state index in [-0.39, 0.29) is 11.7 Å². The summed E-state index contributed by atoms with van der Waals surface area (Å²) < 4.78 is 6.35. The van der Waals surface area contributed by atoms with Crippen molar-refractivity contribution in [2.45, 2.75) is 26.4 Å². The molecule has 0 aliphatic carbocycles. The first kappa shape index (κ1) is 17.5. The molecule has 2 heterocycles. The van der Waals surface area contributed by atoms with Crippen LogP contribution < -0.4 is 4.90 Å². The summed E-state index contributed by atoms with van der Waals surface area (Å²) in [4.78, 5) is 31.6. The Labute approximate surface area is 149 Å². The van der Waals surface area contributed by atoms with Crippen LogP contribution in [0.5, 0.6) is 0 Å². The van der Waals surface area contributed by atoms with Gasteiger partial charge in [0.2, 0.25) is 0 Å². The predicted octanol–water partition coefficient (Wildman–Crippen LogP) is 3.05. The molecule has 2 aromatic rings. The molecule has 8 heteroatoms. The number of ether oxygens (including phenoxy) is 1. The van der Waals surface area contributed by atoms with Gasteiger partial charge in [-0.1, -0.05) is 11.3 Å². The summed E-state index contributed by atoms with van der Waals surface area (Å²) in [6, 6.07) is 4.97. The van der Waals surface area contributed by atoms with Crippen molar-refractivity contribution in [3.63, 3.8) is 0 Å². The lowest BCUT2D eigenvalue weighted by Gasteiger charge is -2.35. The van der Waals surface area contributed by atoms with Gasteiger partial charge in [0.05, 0.1) is 15.8 Å². The first-order chi connectivity index (χ1) is 11.7. The maximum Gasteiger partial charge on any atom is 0.410 e. The van der Waals surface area contributed by atoms with Crippen LogP contribution in [0.25, 0.3) is 10.2 Å². The zero-order valence-electron chi connectivity index (χ0n) is 14.5. The Bertz CT molecular complexity index is 804. The Morgan fingerprint density at radius 2 is 1.88 bits per heavy atom. The average molecular weight is 363 g/mol. The average Bonchev–Trinajstić information content (AvgIpc) is 2.96. The molecule has 1 aromatic carbocycles. The summed E-state index contributed by atoms with van der Waals surface area (Å²) in [7, 11) is 0. The first-order valence-electron chi connectivity index (χ1n) is 8.10. The normalized spacial score (nSPS) is 15.5. The third kappa shape index (κ3) is 4.01. The van der Waals surface area contributed by atoms with Crippen LogP contribution in [0, 0.1) is 0 Å². The number of hydrogen-bond donors (Lipinski definition) is 1. The molecule has 1 saturated heterocycles. The Morgan fingerprint density at radius 1 is 1.20 bits per heavy atom. The van der Waals surface area contributed by atoms with Gasteiger partial charge in [0.25, 0.3) is 0 Å². The fourth-order valence-electron chi connectivity index (χ4n) is 2.59. The molecular weight excluding hydrogens is 342 g/mol. The Balaban J connectivity index is 1.67. The number of rotatable bonds is 2. The molecular formula is C17H21N3O4S. The number of anilines is 1. The third-order valence-corrected chi connectivity index (χ3v) is 4.92. The fourth-order valence-corrected chi connectivity index (χ4v) is 3.59. The maximum atomic E-state index is 12.1. The van der Waals surface area contributed by atoms with E-state index in [1.807, 2.05) is 20.8 Å². The molecule has 0 bridgehead atoms. The van der Waals surface area contributed by atoms with Crippen LogP contribution in [0.1, 0.15) is 31.1 Å². The molecule has 0 spiro atoms. The third-order valence-electron chi connectivity index (χ3n) is 3.83. The molecule has 0 saturated carbocycles. The second-order valence-electron chi connectivity index (χ2n) is 6.94. The van der Waals surface area contributed by atoms with Crippen molar-refractivity contribution in [1.29, 1.82) is 0 Å². The first-order valence-corrected chi connectivity index (χ1v) is 8.91. The van der Waals surface area contributed by atoms with Gasteiger partial charge in [-0.05, 0) is 39.0 Å². The molecule has 1 aliphatic heterocycles. The van der Waals surface area contributed by atoms with E-state index < -0.39 is 11.6 Å². The fraction of sp³-hybridized carbons (Fsp3) is 0.471. The lowest BCUT2D eigenvalue weighted by Crippen LogP contribution is -2.50. The number of aromatic carboxylic acids is 1. The quantitative estimate of drug-likeness (QED) is 0.883. The van der Waals surface area contributed by atoms with Crippen LogP contribution in [0.3, 0.4) is 0 Å². The summed E-state index contributed by atoms with van der Waals surface area (Å²) in [5.41, 5.74) is 0.428. The van der Waals surface area contributed by atoms with Gasteiger partial charge in [0.15, 0.2) is 5.13 Å². The Kier molecular flexibility index (Phi) is 4.55. The number of carboxylic acid groups (broad SMARTS) is 1. The highest BCUT2D eigenvalue weighted by molar-refractivity contribution is 7.22. The van der Waals surface area contributed by atoms with Crippen LogP contribution >= 0.6 is 11.3 Å². The van der Waals surface area contributed by atoms with E-state index in [9.17, 15) is 9.59 Å². The minimum absolute atomic E-state index is 0.235. The summed E-state index contributed by atoms with van der Waals surface area (Å²) in [5.74, 6) is -0.956. The number of piperazine rings is 1. The van der Waals surface area contributed by atoms with Crippen molar-refractivity contribution in [1.82, 2.24) is 9.88 Å². The SMILES string of the molecule is CC(C)(C)OC(=O)N1CCN(c2nc3cc(C(=O)O)ccc3s2)CC1. The van der Waals surface area contributed by atoms with Crippen molar-refractivity contribution in [2.24, 2.45) is 0 Å². The molecule has 7 nitrogen and oxygen atoms in total. The summed E-state index contributed by atoms with van der Waals surface area (Å²) in [6.07, 6.45) is -0.289. The zero-order chi connectivity index (χ0) is 18.2.